The van der Waals surface area contributed by atoms with Crippen LogP contribution in [0, 0.1) is 17.1 Å². The lowest BCUT2D eigenvalue weighted by molar-refractivity contribution is -0.143. The predicted octanol–water partition coefficient (Wildman–Crippen LogP) is 7.66. The molecule has 0 aliphatic carbocycles. The molecule has 11 heteroatoms. The first-order valence-electron chi connectivity index (χ1n) is 13.0. The van der Waals surface area contributed by atoms with E-state index in [-0.39, 0.29) is 24.1 Å². The molecule has 4 atom stereocenters. The number of alkyl halides is 6. The number of nitriles is 1. The number of nitrogens with zero attached hydrogens (tertiary/aromatic N) is 2. The fourth-order valence-corrected chi connectivity index (χ4v) is 5.66. The molecule has 0 radical (unpaired) electrons. The van der Waals surface area contributed by atoms with Crippen molar-refractivity contribution in [2.75, 3.05) is 6.54 Å². The van der Waals surface area contributed by atoms with Crippen molar-refractivity contribution in [1.29, 1.82) is 5.26 Å². The molecule has 2 unspecified atom stereocenters. The van der Waals surface area contributed by atoms with Gasteiger partial charge in [0.25, 0.3) is 0 Å². The van der Waals surface area contributed by atoms with Gasteiger partial charge in [-0.05, 0) is 78.1 Å². The molecule has 1 fully saturated rings. The van der Waals surface area contributed by atoms with E-state index in [0.29, 0.717) is 35.3 Å². The van der Waals surface area contributed by atoms with Gasteiger partial charge in [-0.1, -0.05) is 24.3 Å². The van der Waals surface area contributed by atoms with Crippen molar-refractivity contribution in [3.05, 3.63) is 112 Å². The number of halogens is 7. The molecule has 1 saturated heterocycles. The van der Waals surface area contributed by atoms with Gasteiger partial charge >= 0.3 is 12.4 Å². The molecule has 0 N–H and O–H groups in total. The third-order valence-corrected chi connectivity index (χ3v) is 7.70. The molecule has 2 aliphatic rings. The van der Waals surface area contributed by atoms with Crippen LogP contribution in [0.3, 0.4) is 0 Å². The average Bonchev–Trinajstić information content (AvgIpc) is 3.30. The largest absolute Gasteiger partial charge is 0.416 e. The molecule has 2 aliphatic heterocycles. The normalized spacial score (nSPS) is 21.5. The van der Waals surface area contributed by atoms with E-state index in [9.17, 15) is 35.5 Å². The maximum atomic E-state index is 13.8. The van der Waals surface area contributed by atoms with Gasteiger partial charge in [0.1, 0.15) is 5.82 Å². The van der Waals surface area contributed by atoms with Gasteiger partial charge in [-0.3, -0.25) is 4.79 Å². The summed E-state index contributed by atoms with van der Waals surface area (Å²) in [6.45, 7) is 1.38. The zero-order valence-corrected chi connectivity index (χ0v) is 22.0. The molecule has 5 rings (SSSR count). The summed E-state index contributed by atoms with van der Waals surface area (Å²) in [4.78, 5) is 14.8. The Hall–Kier alpha value is -4.17. The quantitative estimate of drug-likeness (QED) is 0.288. The molecular formula is C31H23F7N2O2. The van der Waals surface area contributed by atoms with E-state index in [1.165, 1.54) is 37.3 Å². The van der Waals surface area contributed by atoms with E-state index in [2.05, 4.69) is 0 Å². The maximum absolute atomic E-state index is 13.8. The van der Waals surface area contributed by atoms with Crippen LogP contribution in [0.25, 0.3) is 5.57 Å². The second-order valence-electron chi connectivity index (χ2n) is 10.4. The van der Waals surface area contributed by atoms with Gasteiger partial charge in [-0.2, -0.15) is 31.6 Å². The summed E-state index contributed by atoms with van der Waals surface area (Å²) in [6.07, 6.45) is -10.2. The molecule has 0 aromatic heterocycles. The Morgan fingerprint density at radius 1 is 0.929 bits per heavy atom. The topological polar surface area (TPSA) is 53.3 Å². The van der Waals surface area contributed by atoms with Crippen LogP contribution < -0.4 is 0 Å². The lowest BCUT2D eigenvalue weighted by Gasteiger charge is -2.33. The lowest BCUT2D eigenvalue weighted by atomic mass is 9.83. The molecule has 42 heavy (non-hydrogen) atoms. The van der Waals surface area contributed by atoms with Crippen LogP contribution in [0.1, 0.15) is 58.7 Å². The molecule has 3 aromatic carbocycles. The van der Waals surface area contributed by atoms with Gasteiger partial charge in [0.05, 0.1) is 35.0 Å². The second kappa shape index (κ2) is 10.9. The van der Waals surface area contributed by atoms with Crippen LogP contribution in [0.5, 0.6) is 0 Å². The number of benzene rings is 3. The van der Waals surface area contributed by atoms with Gasteiger partial charge in [-0.15, -0.1) is 0 Å². The summed E-state index contributed by atoms with van der Waals surface area (Å²) >= 11 is 0. The van der Waals surface area contributed by atoms with Crippen molar-refractivity contribution in [3.8, 4) is 6.07 Å². The highest BCUT2D eigenvalue weighted by molar-refractivity contribution is 5.98. The second-order valence-corrected chi connectivity index (χ2v) is 10.4. The highest BCUT2D eigenvalue weighted by Crippen LogP contribution is 2.45. The van der Waals surface area contributed by atoms with Crippen LogP contribution >= 0.6 is 0 Å². The first-order valence-corrected chi connectivity index (χ1v) is 13.0. The van der Waals surface area contributed by atoms with Crippen molar-refractivity contribution in [2.24, 2.45) is 0 Å². The van der Waals surface area contributed by atoms with Crippen molar-refractivity contribution >= 4 is 11.5 Å². The standard InChI is InChI=1S/C31H23F7N2O2/c1-17(21-10-23(30(33,34)35)14-24(11-21)31(36,37)38)42-27-16-40-26(29(27)20-6-8-25(32)9-7-20)12-22(13-28(40)41)19-4-2-18(15-39)3-5-19/h2-11,13-14,17,26-27,29H,12,16H2,1H3/t17-,26?,27+,29?/m1/s1. The Morgan fingerprint density at radius 3 is 2.07 bits per heavy atom. The van der Waals surface area contributed by atoms with Gasteiger partial charge in [0.2, 0.25) is 5.91 Å². The van der Waals surface area contributed by atoms with Crippen molar-refractivity contribution < 1.29 is 40.3 Å². The number of carbonyl (C=O) groups is 1. The Kier molecular flexibility index (Phi) is 7.62. The number of amides is 1. The summed E-state index contributed by atoms with van der Waals surface area (Å²) in [5.41, 5.74) is -0.752. The highest BCUT2D eigenvalue weighted by atomic mass is 19.4. The average molecular weight is 589 g/mol. The molecule has 4 nitrogen and oxygen atoms in total. The van der Waals surface area contributed by atoms with Crippen LogP contribution in [0.2, 0.25) is 0 Å². The zero-order valence-electron chi connectivity index (χ0n) is 22.0. The van der Waals surface area contributed by atoms with Crippen LogP contribution in [0.15, 0.2) is 72.8 Å². The highest BCUT2D eigenvalue weighted by Gasteiger charge is 2.48. The molecular weight excluding hydrogens is 565 g/mol. The third-order valence-electron chi connectivity index (χ3n) is 7.70. The Balaban J connectivity index is 1.49. The van der Waals surface area contributed by atoms with Gasteiger partial charge in [0, 0.05) is 24.6 Å². The maximum Gasteiger partial charge on any atom is 0.416 e. The van der Waals surface area contributed by atoms with Crippen LogP contribution in [0.4, 0.5) is 30.7 Å². The molecule has 2 heterocycles. The SMILES string of the molecule is C[C@@H](O[C@H]1CN2C(=O)C=C(c3ccc(C#N)cc3)CC2C1c1ccc(F)cc1)c1cc(C(F)(F)F)cc(C(F)(F)F)c1. The molecule has 1 amide bonds. The minimum absolute atomic E-state index is 0.0259. The first-order chi connectivity index (χ1) is 19.7. The van der Waals surface area contributed by atoms with E-state index in [1.54, 1.807) is 29.2 Å². The summed E-state index contributed by atoms with van der Waals surface area (Å²) in [5, 5.41) is 9.10. The van der Waals surface area contributed by atoms with E-state index in [1.807, 2.05) is 6.07 Å². The van der Waals surface area contributed by atoms with Gasteiger partial charge < -0.3 is 9.64 Å². The minimum atomic E-state index is -5.01. The summed E-state index contributed by atoms with van der Waals surface area (Å²) < 4.78 is 101. The molecule has 0 spiro atoms. The Bertz CT molecular complexity index is 1520. The Morgan fingerprint density at radius 2 is 1.52 bits per heavy atom. The Labute approximate surface area is 236 Å². The summed E-state index contributed by atoms with van der Waals surface area (Å²) in [5.74, 6) is -1.40. The third kappa shape index (κ3) is 5.90. The number of fused-ring (bicyclic) bond motifs is 1. The van der Waals surface area contributed by atoms with E-state index in [4.69, 9.17) is 10.00 Å². The van der Waals surface area contributed by atoms with E-state index in [0.717, 1.165) is 5.56 Å². The number of hydrogen-bond acceptors (Lipinski definition) is 3. The first kappa shape index (κ1) is 29.3. The molecule has 3 aromatic rings. The van der Waals surface area contributed by atoms with E-state index < -0.39 is 53.5 Å². The van der Waals surface area contributed by atoms with Gasteiger partial charge in [0.15, 0.2) is 0 Å². The fraction of sp³-hybridized carbons (Fsp3) is 0.290. The minimum Gasteiger partial charge on any atom is -0.368 e. The summed E-state index contributed by atoms with van der Waals surface area (Å²) in [7, 11) is 0. The van der Waals surface area contributed by atoms with Crippen molar-refractivity contribution in [1.82, 2.24) is 4.90 Å². The number of rotatable bonds is 5. The van der Waals surface area contributed by atoms with Gasteiger partial charge in [-0.25, -0.2) is 4.39 Å². The fourth-order valence-electron chi connectivity index (χ4n) is 5.66. The summed E-state index contributed by atoms with van der Waals surface area (Å²) in [6, 6.07) is 15.1. The zero-order chi connectivity index (χ0) is 30.4. The number of carbonyl (C=O) groups excluding carboxylic acids is 1. The monoisotopic (exact) mass is 588 g/mol. The van der Waals surface area contributed by atoms with E-state index >= 15 is 0 Å². The number of ether oxygens (including phenoxy) is 1. The molecule has 0 saturated carbocycles. The molecule has 218 valence electrons. The lowest BCUT2D eigenvalue weighted by Crippen LogP contribution is -2.39. The predicted molar refractivity (Wildman–Crippen MR) is 138 cm³/mol. The van der Waals surface area contributed by atoms with Crippen molar-refractivity contribution in [3.63, 3.8) is 0 Å². The van der Waals surface area contributed by atoms with Crippen LogP contribution in [-0.2, 0) is 21.9 Å². The molecule has 0 bridgehead atoms. The van der Waals surface area contributed by atoms with Crippen LogP contribution in [-0.4, -0.2) is 29.5 Å². The number of hydrogen-bond donors (Lipinski definition) is 0. The van der Waals surface area contributed by atoms with Crippen molar-refractivity contribution in [2.45, 2.75) is 49.9 Å². The smallest absolute Gasteiger partial charge is 0.368 e.